The van der Waals surface area contributed by atoms with Crippen LogP contribution in [0, 0.1) is 11.8 Å². The van der Waals surface area contributed by atoms with Crippen LogP contribution in [-0.4, -0.2) is 42.6 Å². The average molecular weight is 444 g/mol. The molecule has 1 aliphatic heterocycles. The van der Waals surface area contributed by atoms with E-state index in [1.165, 1.54) is 31.2 Å². The molecule has 2 aliphatic rings. The number of ether oxygens (including phenoxy) is 1. The molecule has 1 saturated heterocycles. The molecule has 0 spiro atoms. The van der Waals surface area contributed by atoms with E-state index in [2.05, 4.69) is 27.1 Å². The fourth-order valence-electron chi connectivity index (χ4n) is 2.86. The lowest BCUT2D eigenvalue weighted by Gasteiger charge is -2.32. The maximum atomic E-state index is 5.75. The molecule has 0 aromatic carbocycles. The van der Waals surface area contributed by atoms with E-state index >= 15 is 0 Å². The molecule has 0 atom stereocenters. The number of hydrogen-bond acceptors (Lipinski definition) is 3. The number of piperidine rings is 1. The van der Waals surface area contributed by atoms with Crippen LogP contribution in [0.3, 0.4) is 0 Å². The van der Waals surface area contributed by atoms with E-state index in [1.54, 1.807) is 0 Å². The lowest BCUT2D eigenvalue weighted by Crippen LogP contribution is -2.45. The van der Waals surface area contributed by atoms with Crippen LogP contribution >= 0.6 is 24.0 Å². The third kappa shape index (κ3) is 5.79. The molecule has 1 aromatic heterocycles. The van der Waals surface area contributed by atoms with Crippen LogP contribution in [0.15, 0.2) is 23.3 Å². The summed E-state index contributed by atoms with van der Waals surface area (Å²) in [4.78, 5) is 11.1. The summed E-state index contributed by atoms with van der Waals surface area (Å²) >= 11 is 0. The van der Waals surface area contributed by atoms with Crippen molar-refractivity contribution < 1.29 is 4.74 Å². The van der Waals surface area contributed by atoms with Crippen molar-refractivity contribution >= 4 is 29.9 Å². The Morgan fingerprint density at radius 3 is 2.75 bits per heavy atom. The first kappa shape index (κ1) is 19.3. The first-order chi connectivity index (χ1) is 11.2. The Labute approximate surface area is 162 Å². The van der Waals surface area contributed by atoms with Gasteiger partial charge in [-0.1, -0.05) is 6.92 Å². The van der Waals surface area contributed by atoms with Crippen LogP contribution in [-0.2, 0) is 6.54 Å². The summed E-state index contributed by atoms with van der Waals surface area (Å²) in [7, 11) is 1.86. The maximum absolute atomic E-state index is 5.75. The Hall–Kier alpha value is -1.05. The minimum atomic E-state index is 0. The van der Waals surface area contributed by atoms with E-state index in [0.717, 1.165) is 49.9 Å². The summed E-state index contributed by atoms with van der Waals surface area (Å²) in [6.07, 6.45) is 6.91. The van der Waals surface area contributed by atoms with Gasteiger partial charge in [-0.25, -0.2) is 4.98 Å². The largest absolute Gasteiger partial charge is 0.477 e. The molecule has 5 nitrogen and oxygen atoms in total. The molecule has 0 amide bonds. The van der Waals surface area contributed by atoms with Crippen LogP contribution in [0.2, 0.25) is 0 Å². The van der Waals surface area contributed by atoms with Gasteiger partial charge < -0.3 is 15.0 Å². The Morgan fingerprint density at radius 2 is 2.08 bits per heavy atom. The van der Waals surface area contributed by atoms with Gasteiger partial charge in [0.05, 0.1) is 6.61 Å². The fraction of sp³-hybridized carbons (Fsp3) is 0.667. The summed E-state index contributed by atoms with van der Waals surface area (Å²) < 4.78 is 5.75. The van der Waals surface area contributed by atoms with Crippen LogP contribution in [0.4, 0.5) is 0 Å². The number of likely N-dealkylation sites (tertiary alicyclic amines) is 1. The van der Waals surface area contributed by atoms with Gasteiger partial charge in [-0.05, 0) is 49.1 Å². The molecule has 2 fully saturated rings. The zero-order chi connectivity index (χ0) is 16.1. The minimum Gasteiger partial charge on any atom is -0.477 e. The molecule has 1 N–H and O–H groups in total. The Balaban J connectivity index is 0.00000208. The number of aromatic nitrogens is 1. The number of pyridine rings is 1. The van der Waals surface area contributed by atoms with E-state index in [0.29, 0.717) is 0 Å². The van der Waals surface area contributed by atoms with Crippen LogP contribution < -0.4 is 10.1 Å². The molecule has 0 unspecified atom stereocenters. The standard InChI is InChI=1S/C18H28N4O.HI/c1-14-6-9-22(10-7-14)18(19-2)21-12-16-5-8-20-17(11-16)23-13-15-3-4-15;/h5,8,11,14-15H,3-4,6-7,9-10,12-13H2,1-2H3,(H,19,21);1H. The predicted molar refractivity (Wildman–Crippen MR) is 108 cm³/mol. The Bertz CT molecular complexity index is 540. The van der Waals surface area contributed by atoms with Crippen molar-refractivity contribution in [2.24, 2.45) is 16.8 Å². The summed E-state index contributed by atoms with van der Waals surface area (Å²) in [6, 6.07) is 4.06. The quantitative estimate of drug-likeness (QED) is 0.430. The van der Waals surface area contributed by atoms with Gasteiger partial charge in [-0.3, -0.25) is 4.99 Å². The van der Waals surface area contributed by atoms with E-state index < -0.39 is 0 Å². The summed E-state index contributed by atoms with van der Waals surface area (Å²) in [6.45, 7) is 6.06. The number of guanidine groups is 1. The molecule has 1 saturated carbocycles. The highest BCUT2D eigenvalue weighted by molar-refractivity contribution is 14.0. The van der Waals surface area contributed by atoms with Crippen LogP contribution in [0.25, 0.3) is 0 Å². The fourth-order valence-corrected chi connectivity index (χ4v) is 2.86. The molecule has 2 heterocycles. The van der Waals surface area contributed by atoms with Crippen LogP contribution in [0.1, 0.15) is 38.2 Å². The zero-order valence-electron chi connectivity index (χ0n) is 14.7. The van der Waals surface area contributed by atoms with Gasteiger partial charge in [0.25, 0.3) is 0 Å². The second-order valence-electron chi connectivity index (χ2n) is 6.83. The Morgan fingerprint density at radius 1 is 1.33 bits per heavy atom. The monoisotopic (exact) mass is 444 g/mol. The number of nitrogens with one attached hydrogen (secondary N) is 1. The third-order valence-corrected chi connectivity index (χ3v) is 4.71. The zero-order valence-corrected chi connectivity index (χ0v) is 17.0. The highest BCUT2D eigenvalue weighted by Gasteiger charge is 2.22. The lowest BCUT2D eigenvalue weighted by atomic mass is 10.00. The minimum absolute atomic E-state index is 0. The van der Waals surface area contributed by atoms with Crippen molar-refractivity contribution in [3.05, 3.63) is 23.9 Å². The second-order valence-corrected chi connectivity index (χ2v) is 6.83. The molecule has 1 aliphatic carbocycles. The van der Waals surface area contributed by atoms with E-state index in [9.17, 15) is 0 Å². The number of nitrogens with zero attached hydrogens (tertiary/aromatic N) is 3. The van der Waals surface area contributed by atoms with E-state index in [4.69, 9.17) is 4.74 Å². The van der Waals surface area contributed by atoms with E-state index in [-0.39, 0.29) is 24.0 Å². The van der Waals surface area contributed by atoms with Crippen molar-refractivity contribution in [1.82, 2.24) is 15.2 Å². The predicted octanol–water partition coefficient (Wildman–Crippen LogP) is 3.30. The summed E-state index contributed by atoms with van der Waals surface area (Å²) in [5.41, 5.74) is 1.18. The van der Waals surface area contributed by atoms with E-state index in [1.807, 2.05) is 25.4 Å². The molecule has 0 radical (unpaired) electrons. The molecule has 1 aromatic rings. The molecule has 134 valence electrons. The van der Waals surface area contributed by atoms with Gasteiger partial charge in [-0.15, -0.1) is 24.0 Å². The number of halogens is 1. The van der Waals surface area contributed by atoms with Gasteiger partial charge in [0.2, 0.25) is 5.88 Å². The maximum Gasteiger partial charge on any atom is 0.213 e. The molecule has 3 rings (SSSR count). The van der Waals surface area contributed by atoms with Crippen molar-refractivity contribution in [2.45, 2.75) is 39.2 Å². The molecular weight excluding hydrogens is 415 g/mol. The highest BCUT2D eigenvalue weighted by Crippen LogP contribution is 2.29. The highest BCUT2D eigenvalue weighted by atomic mass is 127. The van der Waals surface area contributed by atoms with Crippen LogP contribution in [0.5, 0.6) is 5.88 Å². The van der Waals surface area contributed by atoms with Crippen molar-refractivity contribution in [1.29, 1.82) is 0 Å². The SMILES string of the molecule is CN=C(NCc1ccnc(OCC2CC2)c1)N1CCC(C)CC1.I. The molecular formula is C18H29IN4O. The summed E-state index contributed by atoms with van der Waals surface area (Å²) in [5, 5.41) is 3.47. The number of aliphatic imine (C=N–C) groups is 1. The molecule has 24 heavy (non-hydrogen) atoms. The average Bonchev–Trinajstić information content (AvgIpc) is 3.40. The molecule has 0 bridgehead atoms. The molecule has 6 heteroatoms. The third-order valence-electron chi connectivity index (χ3n) is 4.71. The normalized spacial score (nSPS) is 18.9. The topological polar surface area (TPSA) is 49.8 Å². The van der Waals surface area contributed by atoms with Gasteiger partial charge in [0, 0.05) is 38.9 Å². The lowest BCUT2D eigenvalue weighted by molar-refractivity contribution is 0.273. The number of rotatable bonds is 5. The first-order valence-electron chi connectivity index (χ1n) is 8.78. The number of hydrogen-bond donors (Lipinski definition) is 1. The van der Waals surface area contributed by atoms with Gasteiger partial charge >= 0.3 is 0 Å². The summed E-state index contributed by atoms with van der Waals surface area (Å²) in [5.74, 6) is 3.31. The smallest absolute Gasteiger partial charge is 0.213 e. The second kappa shape index (κ2) is 9.44. The first-order valence-corrected chi connectivity index (χ1v) is 8.78. The van der Waals surface area contributed by atoms with Crippen molar-refractivity contribution in [3.63, 3.8) is 0 Å². The van der Waals surface area contributed by atoms with Crippen molar-refractivity contribution in [3.8, 4) is 5.88 Å². The Kier molecular flexibility index (Phi) is 7.58. The van der Waals surface area contributed by atoms with Crippen molar-refractivity contribution in [2.75, 3.05) is 26.7 Å². The van der Waals surface area contributed by atoms with Gasteiger partial charge in [-0.2, -0.15) is 0 Å². The van der Waals surface area contributed by atoms with Gasteiger partial charge in [0.15, 0.2) is 5.96 Å². The van der Waals surface area contributed by atoms with Gasteiger partial charge in [0.1, 0.15) is 0 Å².